The number of fused-ring (bicyclic) bond motifs is 4. The average molecular weight is 495 g/mol. The van der Waals surface area contributed by atoms with Crippen LogP contribution >= 0.6 is 11.8 Å². The maximum atomic E-state index is 13.3. The van der Waals surface area contributed by atoms with Gasteiger partial charge in [0.15, 0.2) is 0 Å². The van der Waals surface area contributed by atoms with Crippen LogP contribution in [-0.2, 0) is 14.3 Å². The van der Waals surface area contributed by atoms with Crippen LogP contribution in [0.4, 0.5) is 4.79 Å². The van der Waals surface area contributed by atoms with Crippen LogP contribution in [0.2, 0.25) is 0 Å². The van der Waals surface area contributed by atoms with Crippen LogP contribution in [0.1, 0.15) is 29.9 Å². The number of alkyl carbamates (subject to hydrolysis) is 1. The highest BCUT2D eigenvalue weighted by Gasteiger charge is 2.57. The summed E-state index contributed by atoms with van der Waals surface area (Å²) in [4.78, 5) is 39.2. The minimum atomic E-state index is -0.773. The molecular weight excluding hydrogens is 464 g/mol. The summed E-state index contributed by atoms with van der Waals surface area (Å²) < 4.78 is 5.66. The number of rotatable bonds is 8. The lowest BCUT2D eigenvalue weighted by molar-refractivity contribution is -0.139. The van der Waals surface area contributed by atoms with Gasteiger partial charge in [0.05, 0.1) is 5.92 Å². The monoisotopic (exact) mass is 494 g/mol. The zero-order valence-corrected chi connectivity index (χ0v) is 20.5. The molecule has 2 fully saturated rings. The Kier molecular flexibility index (Phi) is 6.73. The van der Waals surface area contributed by atoms with Crippen molar-refractivity contribution in [3.05, 3.63) is 59.7 Å². The molecule has 8 heteroatoms. The number of likely N-dealkylation sites (tertiary alicyclic amines) is 1. The summed E-state index contributed by atoms with van der Waals surface area (Å²) in [6, 6.07) is 15.6. The van der Waals surface area contributed by atoms with Gasteiger partial charge in [0.25, 0.3) is 0 Å². The molecule has 7 nitrogen and oxygen atoms in total. The van der Waals surface area contributed by atoms with Crippen LogP contribution in [-0.4, -0.2) is 65.7 Å². The third kappa shape index (κ3) is 4.63. The lowest BCUT2D eigenvalue weighted by Gasteiger charge is -2.30. The number of carbonyl (C=O) groups excluding carboxylic acids is 2. The van der Waals surface area contributed by atoms with E-state index in [-0.39, 0.29) is 36.2 Å². The van der Waals surface area contributed by atoms with E-state index >= 15 is 0 Å². The van der Waals surface area contributed by atoms with E-state index < -0.39 is 18.1 Å². The molecule has 0 bridgehead atoms. The molecule has 3 aliphatic rings. The summed E-state index contributed by atoms with van der Waals surface area (Å²) in [6.07, 6.45) is 2.56. The quantitative estimate of drug-likeness (QED) is 0.579. The second kappa shape index (κ2) is 9.93. The molecule has 2 amide bonds. The number of carbonyl (C=O) groups is 3. The number of carboxylic acid groups (broad SMARTS) is 1. The van der Waals surface area contributed by atoms with Crippen LogP contribution in [0.25, 0.3) is 11.1 Å². The molecule has 1 heterocycles. The van der Waals surface area contributed by atoms with Crippen molar-refractivity contribution in [3.63, 3.8) is 0 Å². The summed E-state index contributed by atoms with van der Waals surface area (Å²) in [6.45, 7) is 1.17. The number of amides is 2. The molecule has 1 aliphatic heterocycles. The molecule has 2 aromatic carbocycles. The number of benzene rings is 2. The lowest BCUT2D eigenvalue weighted by atomic mass is 9.98. The Bertz CT molecular complexity index is 1090. The van der Waals surface area contributed by atoms with Gasteiger partial charge in [-0.3, -0.25) is 9.59 Å². The fourth-order valence-electron chi connectivity index (χ4n) is 5.80. The highest BCUT2D eigenvalue weighted by molar-refractivity contribution is 7.98. The van der Waals surface area contributed by atoms with Gasteiger partial charge in [-0.25, -0.2) is 4.79 Å². The average Bonchev–Trinajstić information content (AvgIpc) is 3.52. The van der Waals surface area contributed by atoms with E-state index in [1.807, 2.05) is 30.5 Å². The van der Waals surface area contributed by atoms with E-state index in [0.29, 0.717) is 25.9 Å². The molecular formula is C27H30N2O5S. The van der Waals surface area contributed by atoms with Gasteiger partial charge in [-0.15, -0.1) is 0 Å². The molecule has 0 radical (unpaired) electrons. The first-order chi connectivity index (χ1) is 17.0. The minimum absolute atomic E-state index is 0.0286. The van der Waals surface area contributed by atoms with Gasteiger partial charge in [0, 0.05) is 19.0 Å². The van der Waals surface area contributed by atoms with Gasteiger partial charge in [0.2, 0.25) is 5.91 Å². The summed E-state index contributed by atoms with van der Waals surface area (Å²) in [5.74, 6) is -0.385. The van der Waals surface area contributed by atoms with Gasteiger partial charge >= 0.3 is 12.1 Å². The maximum Gasteiger partial charge on any atom is 0.407 e. The molecule has 1 saturated carbocycles. The Morgan fingerprint density at radius 1 is 1.09 bits per heavy atom. The van der Waals surface area contributed by atoms with Gasteiger partial charge in [-0.2, -0.15) is 11.8 Å². The van der Waals surface area contributed by atoms with Crippen molar-refractivity contribution in [2.75, 3.05) is 31.7 Å². The maximum absolute atomic E-state index is 13.3. The Hall–Kier alpha value is -3.00. The van der Waals surface area contributed by atoms with E-state index in [1.165, 1.54) is 0 Å². The molecule has 4 atom stereocenters. The second-order valence-corrected chi connectivity index (χ2v) is 10.6. The van der Waals surface area contributed by atoms with Crippen molar-refractivity contribution < 1.29 is 24.2 Å². The third-order valence-corrected chi connectivity index (χ3v) is 8.28. The normalized spacial score (nSPS) is 23.0. The van der Waals surface area contributed by atoms with Crippen LogP contribution in [0, 0.1) is 17.8 Å². The van der Waals surface area contributed by atoms with Crippen LogP contribution in [0.15, 0.2) is 48.5 Å². The molecule has 1 saturated heterocycles. The Labute approximate surface area is 209 Å². The number of ether oxygens (including phenoxy) is 1. The SMILES string of the molecule is CSCC[C@@H](NC(=O)OCC1c2ccccc2-c2ccccc21)C(=O)N1CC[C@H]2C(C(=O)O)[C@H]2C1. The van der Waals surface area contributed by atoms with Crippen molar-refractivity contribution in [1.82, 2.24) is 10.2 Å². The number of piperidine rings is 1. The number of thioether (sulfide) groups is 1. The first-order valence-corrected chi connectivity index (χ1v) is 13.5. The highest BCUT2D eigenvalue weighted by atomic mass is 32.2. The summed E-state index contributed by atoms with van der Waals surface area (Å²) >= 11 is 1.61. The fourth-order valence-corrected chi connectivity index (χ4v) is 6.27. The van der Waals surface area contributed by atoms with Crippen LogP contribution in [0.5, 0.6) is 0 Å². The Morgan fingerprint density at radius 3 is 2.37 bits per heavy atom. The summed E-state index contributed by atoms with van der Waals surface area (Å²) in [5.41, 5.74) is 4.59. The summed E-state index contributed by atoms with van der Waals surface area (Å²) in [7, 11) is 0. The zero-order valence-electron chi connectivity index (χ0n) is 19.7. The summed E-state index contributed by atoms with van der Waals surface area (Å²) in [5, 5.41) is 12.1. The number of aliphatic carboxylic acids is 1. The first kappa shape index (κ1) is 23.7. The van der Waals surface area contributed by atoms with E-state index in [1.54, 1.807) is 16.7 Å². The predicted molar refractivity (Wildman–Crippen MR) is 134 cm³/mol. The van der Waals surface area contributed by atoms with Gasteiger partial charge in [-0.1, -0.05) is 48.5 Å². The molecule has 2 aliphatic carbocycles. The molecule has 184 valence electrons. The predicted octanol–water partition coefficient (Wildman–Crippen LogP) is 3.83. The highest BCUT2D eigenvalue weighted by Crippen LogP contribution is 2.51. The van der Waals surface area contributed by atoms with Crippen molar-refractivity contribution >= 4 is 29.7 Å². The van der Waals surface area contributed by atoms with Gasteiger partial charge in [0.1, 0.15) is 12.6 Å². The molecule has 0 spiro atoms. The topological polar surface area (TPSA) is 95.9 Å². The zero-order chi connectivity index (χ0) is 24.5. The largest absolute Gasteiger partial charge is 0.481 e. The minimum Gasteiger partial charge on any atom is -0.481 e. The second-order valence-electron chi connectivity index (χ2n) is 9.57. The number of nitrogens with zero attached hydrogens (tertiary/aromatic N) is 1. The van der Waals surface area contributed by atoms with Crippen LogP contribution in [0.3, 0.4) is 0 Å². The number of hydrogen-bond donors (Lipinski definition) is 2. The molecule has 2 aromatic rings. The lowest BCUT2D eigenvalue weighted by Crippen LogP contribution is -2.50. The van der Waals surface area contributed by atoms with Crippen molar-refractivity contribution in [3.8, 4) is 11.1 Å². The van der Waals surface area contributed by atoms with Crippen molar-refractivity contribution in [2.24, 2.45) is 17.8 Å². The van der Waals surface area contributed by atoms with E-state index in [4.69, 9.17) is 4.74 Å². The molecule has 5 rings (SSSR count). The van der Waals surface area contributed by atoms with E-state index in [2.05, 4.69) is 29.6 Å². The number of nitrogens with one attached hydrogen (secondary N) is 1. The third-order valence-electron chi connectivity index (χ3n) is 7.64. The smallest absolute Gasteiger partial charge is 0.407 e. The van der Waals surface area contributed by atoms with Crippen LogP contribution < -0.4 is 5.32 Å². The van der Waals surface area contributed by atoms with E-state index in [9.17, 15) is 19.5 Å². The number of carboxylic acids is 1. The van der Waals surface area contributed by atoms with E-state index in [0.717, 1.165) is 28.0 Å². The van der Waals surface area contributed by atoms with Crippen molar-refractivity contribution in [1.29, 1.82) is 0 Å². The standard InChI is InChI=1S/C27H30N2O5S/c1-35-13-11-23(25(30)29-12-10-20-21(14-29)24(20)26(31)32)28-27(33)34-15-22-18-8-4-2-6-16(18)17-7-3-5-9-19(17)22/h2-9,20-24H,10-15H2,1H3,(H,28,33)(H,31,32)/t20-,21+,23-,24?/m1/s1. The van der Waals surface area contributed by atoms with Gasteiger partial charge < -0.3 is 20.1 Å². The Morgan fingerprint density at radius 2 is 1.74 bits per heavy atom. The molecule has 0 aromatic heterocycles. The molecule has 35 heavy (non-hydrogen) atoms. The Balaban J connectivity index is 1.22. The molecule has 2 N–H and O–H groups in total. The number of hydrogen-bond acceptors (Lipinski definition) is 5. The fraction of sp³-hybridized carbons (Fsp3) is 0.444. The van der Waals surface area contributed by atoms with Gasteiger partial charge in [-0.05, 0) is 58.9 Å². The first-order valence-electron chi connectivity index (χ1n) is 12.1. The van der Waals surface area contributed by atoms with Crippen molar-refractivity contribution in [2.45, 2.75) is 24.8 Å². The molecule has 1 unspecified atom stereocenters.